The molecule has 0 radical (unpaired) electrons. The molecule has 3 rings (SSSR count). The number of aliphatic hydroxyl groups excluding tert-OH is 2. The van der Waals surface area contributed by atoms with E-state index in [1.54, 1.807) is 0 Å². The second-order valence-corrected chi connectivity index (χ2v) is 5.11. The van der Waals surface area contributed by atoms with Gasteiger partial charge in [-0.25, -0.2) is 0 Å². The van der Waals surface area contributed by atoms with Crippen LogP contribution in [0.2, 0.25) is 0 Å². The number of hydrogen-bond acceptors (Lipinski definition) is 4. The number of rotatable bonds is 2. The zero-order valence-electron chi connectivity index (χ0n) is 10.3. The number of benzene rings is 1. The van der Waals surface area contributed by atoms with Crippen molar-refractivity contribution in [3.8, 4) is 5.75 Å². The molecule has 0 amide bonds. The van der Waals surface area contributed by atoms with E-state index in [2.05, 4.69) is 11.4 Å². The van der Waals surface area contributed by atoms with E-state index in [1.165, 1.54) is 11.1 Å². The number of aliphatic hydroxyl groups is 2. The smallest absolute Gasteiger partial charge is 0.127 e. The highest BCUT2D eigenvalue weighted by Gasteiger charge is 2.35. The molecule has 0 saturated heterocycles. The predicted molar refractivity (Wildman–Crippen MR) is 67.5 cm³/mol. The summed E-state index contributed by atoms with van der Waals surface area (Å²) >= 11 is 0. The lowest BCUT2D eigenvalue weighted by Gasteiger charge is -2.24. The number of ether oxygens (including phenoxy) is 1. The van der Waals surface area contributed by atoms with Crippen molar-refractivity contribution in [1.29, 1.82) is 0 Å². The molecule has 1 aliphatic heterocycles. The summed E-state index contributed by atoms with van der Waals surface area (Å²) < 4.78 is 5.91. The van der Waals surface area contributed by atoms with Crippen molar-refractivity contribution in [3.05, 3.63) is 29.3 Å². The van der Waals surface area contributed by atoms with Gasteiger partial charge in [-0.1, -0.05) is 12.1 Å². The van der Waals surface area contributed by atoms with Crippen molar-refractivity contribution in [2.75, 3.05) is 6.54 Å². The van der Waals surface area contributed by atoms with Crippen molar-refractivity contribution < 1.29 is 14.9 Å². The van der Waals surface area contributed by atoms with Crippen LogP contribution in [0.5, 0.6) is 5.75 Å². The summed E-state index contributed by atoms with van der Waals surface area (Å²) in [4.78, 5) is 0. The van der Waals surface area contributed by atoms with E-state index < -0.39 is 12.2 Å². The van der Waals surface area contributed by atoms with E-state index in [-0.39, 0.29) is 6.10 Å². The van der Waals surface area contributed by atoms with Crippen molar-refractivity contribution in [2.24, 2.45) is 0 Å². The fraction of sp³-hybridized carbons (Fsp3) is 0.571. The molecule has 1 aromatic carbocycles. The molecule has 3 atom stereocenters. The fourth-order valence-corrected chi connectivity index (χ4v) is 2.81. The fourth-order valence-electron chi connectivity index (χ4n) is 2.81. The molecule has 3 unspecified atom stereocenters. The predicted octanol–water partition coefficient (Wildman–Crippen LogP) is 0.595. The monoisotopic (exact) mass is 249 g/mol. The second-order valence-electron chi connectivity index (χ2n) is 5.11. The van der Waals surface area contributed by atoms with Gasteiger partial charge in [0.2, 0.25) is 0 Å². The highest BCUT2D eigenvalue weighted by Crippen LogP contribution is 2.30. The van der Waals surface area contributed by atoms with Gasteiger partial charge in [0.05, 0.1) is 6.10 Å². The number of hydrogen-bond donors (Lipinski definition) is 3. The lowest BCUT2D eigenvalue weighted by molar-refractivity contribution is -0.00909. The average Bonchev–Trinajstić information content (AvgIpc) is 2.71. The van der Waals surface area contributed by atoms with Gasteiger partial charge < -0.3 is 20.3 Å². The summed E-state index contributed by atoms with van der Waals surface area (Å²) in [6, 6.07) is 6.07. The van der Waals surface area contributed by atoms with Crippen LogP contribution in [-0.2, 0) is 13.0 Å². The van der Waals surface area contributed by atoms with Gasteiger partial charge in [-0.05, 0) is 37.4 Å². The molecule has 1 aromatic rings. The molecule has 1 heterocycles. The van der Waals surface area contributed by atoms with E-state index in [0.717, 1.165) is 25.3 Å². The van der Waals surface area contributed by atoms with Gasteiger partial charge in [-0.2, -0.15) is 0 Å². The Morgan fingerprint density at radius 3 is 2.89 bits per heavy atom. The van der Waals surface area contributed by atoms with Gasteiger partial charge in [0, 0.05) is 12.1 Å². The first-order valence-electron chi connectivity index (χ1n) is 6.60. The molecule has 4 nitrogen and oxygen atoms in total. The van der Waals surface area contributed by atoms with Crippen LogP contribution in [0.3, 0.4) is 0 Å². The van der Waals surface area contributed by atoms with Crippen LogP contribution in [0.4, 0.5) is 0 Å². The van der Waals surface area contributed by atoms with Gasteiger partial charge in [-0.15, -0.1) is 0 Å². The maximum absolute atomic E-state index is 9.83. The standard InChI is InChI=1S/C14H19NO3/c16-11-4-5-13(14(11)17)18-12-3-1-2-9-6-7-15-8-10(9)12/h1-3,11,13-17H,4-8H2. The Bertz CT molecular complexity index is 435. The van der Waals surface area contributed by atoms with E-state index in [4.69, 9.17) is 4.74 Å². The Balaban J connectivity index is 1.80. The van der Waals surface area contributed by atoms with Gasteiger partial charge in [-0.3, -0.25) is 0 Å². The molecule has 4 heteroatoms. The zero-order chi connectivity index (χ0) is 12.5. The van der Waals surface area contributed by atoms with Crippen LogP contribution < -0.4 is 10.1 Å². The van der Waals surface area contributed by atoms with E-state index in [9.17, 15) is 10.2 Å². The molecule has 1 saturated carbocycles. The summed E-state index contributed by atoms with van der Waals surface area (Å²) in [5.41, 5.74) is 2.51. The largest absolute Gasteiger partial charge is 0.487 e. The highest BCUT2D eigenvalue weighted by molar-refractivity contribution is 5.41. The van der Waals surface area contributed by atoms with Crippen molar-refractivity contribution >= 4 is 0 Å². The van der Waals surface area contributed by atoms with Crippen LogP contribution in [0.25, 0.3) is 0 Å². The topological polar surface area (TPSA) is 61.7 Å². The SMILES string of the molecule is OC1CCC(Oc2cccc3c2CNCC3)C1O. The molecule has 2 aliphatic rings. The molecule has 0 aromatic heterocycles. The Hall–Kier alpha value is -1.10. The molecule has 1 fully saturated rings. The van der Waals surface area contributed by atoms with Crippen molar-refractivity contribution in [1.82, 2.24) is 5.32 Å². The molecular formula is C14H19NO3. The maximum Gasteiger partial charge on any atom is 0.127 e. The van der Waals surface area contributed by atoms with Crippen molar-refractivity contribution in [3.63, 3.8) is 0 Å². The summed E-state index contributed by atoms with van der Waals surface area (Å²) in [6.07, 6.45) is 0.638. The third-order valence-electron chi connectivity index (χ3n) is 3.90. The lowest BCUT2D eigenvalue weighted by Crippen LogP contribution is -2.33. The third kappa shape index (κ3) is 2.11. The Morgan fingerprint density at radius 1 is 1.22 bits per heavy atom. The Labute approximate surface area is 107 Å². The normalized spacial score (nSPS) is 31.1. The van der Waals surface area contributed by atoms with Gasteiger partial charge >= 0.3 is 0 Å². The maximum atomic E-state index is 9.83. The summed E-state index contributed by atoms with van der Waals surface area (Å²) in [5, 5.41) is 22.7. The van der Waals surface area contributed by atoms with E-state index in [0.29, 0.717) is 12.8 Å². The summed E-state index contributed by atoms with van der Waals surface area (Å²) in [6.45, 7) is 1.82. The highest BCUT2D eigenvalue weighted by atomic mass is 16.5. The first-order chi connectivity index (χ1) is 8.75. The summed E-state index contributed by atoms with van der Waals surface area (Å²) in [7, 11) is 0. The summed E-state index contributed by atoms with van der Waals surface area (Å²) in [5.74, 6) is 0.845. The first-order valence-corrected chi connectivity index (χ1v) is 6.60. The molecule has 0 bridgehead atoms. The number of fused-ring (bicyclic) bond motifs is 1. The van der Waals surface area contributed by atoms with E-state index >= 15 is 0 Å². The van der Waals surface area contributed by atoms with Gasteiger partial charge in [0.1, 0.15) is 18.0 Å². The average molecular weight is 249 g/mol. The zero-order valence-corrected chi connectivity index (χ0v) is 10.3. The molecule has 18 heavy (non-hydrogen) atoms. The molecule has 0 spiro atoms. The third-order valence-corrected chi connectivity index (χ3v) is 3.90. The van der Waals surface area contributed by atoms with Crippen LogP contribution >= 0.6 is 0 Å². The van der Waals surface area contributed by atoms with Crippen LogP contribution in [0.15, 0.2) is 18.2 Å². The van der Waals surface area contributed by atoms with Crippen molar-refractivity contribution in [2.45, 2.75) is 44.1 Å². The first kappa shape index (κ1) is 12.0. The molecule has 98 valence electrons. The minimum Gasteiger partial charge on any atom is -0.487 e. The van der Waals surface area contributed by atoms with Crippen LogP contribution in [0.1, 0.15) is 24.0 Å². The number of nitrogens with one attached hydrogen (secondary N) is 1. The van der Waals surface area contributed by atoms with Gasteiger partial charge in [0.25, 0.3) is 0 Å². The molecule has 1 aliphatic carbocycles. The quantitative estimate of drug-likeness (QED) is 0.718. The minimum absolute atomic E-state index is 0.284. The Kier molecular flexibility index (Phi) is 3.24. The van der Waals surface area contributed by atoms with Crippen LogP contribution in [0, 0.1) is 0 Å². The lowest BCUT2D eigenvalue weighted by atomic mass is 10.0. The van der Waals surface area contributed by atoms with Crippen LogP contribution in [-0.4, -0.2) is 35.1 Å². The van der Waals surface area contributed by atoms with E-state index in [1.807, 2.05) is 12.1 Å². The molecule has 3 N–H and O–H groups in total. The minimum atomic E-state index is -0.766. The second kappa shape index (κ2) is 4.88. The molecular weight excluding hydrogens is 230 g/mol. The Morgan fingerprint density at radius 2 is 2.11 bits per heavy atom. The van der Waals surface area contributed by atoms with Gasteiger partial charge in [0.15, 0.2) is 0 Å².